The van der Waals surface area contributed by atoms with Crippen LogP contribution in [0.4, 0.5) is 0 Å². The number of nitrogens with zero attached hydrogens (tertiary/aromatic N) is 1. The van der Waals surface area contributed by atoms with E-state index >= 15 is 0 Å². The van der Waals surface area contributed by atoms with Crippen molar-refractivity contribution < 1.29 is 19.8 Å². The van der Waals surface area contributed by atoms with Crippen molar-refractivity contribution in [1.29, 1.82) is 0 Å². The standard InChI is InChI=1S/C13H25NO4.ClH/c1-12(2,3)14(13(4,5)6)9(11(17)18)7-8-10(15)16;/h9H,7-8H2,1-6H3,(H,15,16)(H,17,18);1H/t9-;/m1./s1. The molecule has 0 spiro atoms. The third-order valence-corrected chi connectivity index (χ3v) is 2.67. The highest BCUT2D eigenvalue weighted by Gasteiger charge is 2.40. The molecular weight excluding hydrogens is 270 g/mol. The molecular formula is C13H26ClNO4. The van der Waals surface area contributed by atoms with Gasteiger partial charge in [0, 0.05) is 17.5 Å². The Hall–Kier alpha value is -0.810. The first-order chi connectivity index (χ1) is 7.87. The Kier molecular flexibility index (Phi) is 7.66. The van der Waals surface area contributed by atoms with Gasteiger partial charge in [-0.1, -0.05) is 0 Å². The van der Waals surface area contributed by atoms with Gasteiger partial charge in [0.1, 0.15) is 6.04 Å². The second-order valence-electron chi connectivity index (χ2n) is 6.50. The maximum atomic E-state index is 11.4. The lowest BCUT2D eigenvalue weighted by molar-refractivity contribution is -0.151. The van der Waals surface area contributed by atoms with E-state index < -0.39 is 18.0 Å². The van der Waals surface area contributed by atoms with Gasteiger partial charge in [-0.2, -0.15) is 0 Å². The lowest BCUT2D eigenvalue weighted by atomic mass is 9.91. The van der Waals surface area contributed by atoms with Crippen molar-refractivity contribution in [2.24, 2.45) is 0 Å². The molecule has 0 fully saturated rings. The summed E-state index contributed by atoms with van der Waals surface area (Å²) in [5, 5.41) is 18.1. The highest BCUT2D eigenvalue weighted by atomic mass is 35.5. The van der Waals surface area contributed by atoms with Crippen LogP contribution in [0, 0.1) is 0 Å². The van der Waals surface area contributed by atoms with Crippen LogP contribution in [0.15, 0.2) is 0 Å². The van der Waals surface area contributed by atoms with Crippen LogP contribution in [0.2, 0.25) is 0 Å². The number of hydrogen-bond acceptors (Lipinski definition) is 3. The van der Waals surface area contributed by atoms with Gasteiger partial charge in [-0.25, -0.2) is 0 Å². The Labute approximate surface area is 121 Å². The molecule has 19 heavy (non-hydrogen) atoms. The van der Waals surface area contributed by atoms with E-state index in [-0.39, 0.29) is 36.3 Å². The number of carboxylic acid groups (broad SMARTS) is 2. The Morgan fingerprint density at radius 1 is 1.00 bits per heavy atom. The van der Waals surface area contributed by atoms with Gasteiger partial charge in [0.2, 0.25) is 0 Å². The molecule has 0 aliphatic heterocycles. The number of carboxylic acids is 2. The Morgan fingerprint density at radius 2 is 1.37 bits per heavy atom. The molecule has 6 heteroatoms. The quantitative estimate of drug-likeness (QED) is 0.815. The first-order valence-electron chi connectivity index (χ1n) is 6.11. The smallest absolute Gasteiger partial charge is 0.320 e. The predicted octanol–water partition coefficient (Wildman–Crippen LogP) is 2.63. The van der Waals surface area contributed by atoms with Crippen LogP contribution in [-0.4, -0.2) is 44.2 Å². The monoisotopic (exact) mass is 295 g/mol. The van der Waals surface area contributed by atoms with Gasteiger partial charge in [-0.3, -0.25) is 14.5 Å². The third kappa shape index (κ3) is 6.78. The average Bonchev–Trinajstić information content (AvgIpc) is 2.06. The van der Waals surface area contributed by atoms with Gasteiger partial charge in [0.15, 0.2) is 0 Å². The van der Waals surface area contributed by atoms with E-state index in [1.807, 2.05) is 46.4 Å². The molecule has 0 aliphatic carbocycles. The van der Waals surface area contributed by atoms with Crippen LogP contribution in [0.25, 0.3) is 0 Å². The summed E-state index contributed by atoms with van der Waals surface area (Å²) in [7, 11) is 0. The molecule has 1 atom stereocenters. The molecule has 0 rings (SSSR count). The summed E-state index contributed by atoms with van der Waals surface area (Å²) in [4.78, 5) is 23.9. The van der Waals surface area contributed by atoms with Crippen LogP contribution in [0.5, 0.6) is 0 Å². The molecule has 0 saturated carbocycles. The number of carbonyl (C=O) groups is 2. The van der Waals surface area contributed by atoms with Crippen molar-refractivity contribution in [3.8, 4) is 0 Å². The first-order valence-corrected chi connectivity index (χ1v) is 6.11. The second-order valence-corrected chi connectivity index (χ2v) is 6.50. The van der Waals surface area contributed by atoms with Crippen molar-refractivity contribution >= 4 is 24.3 Å². The van der Waals surface area contributed by atoms with E-state index in [0.717, 1.165) is 0 Å². The molecule has 2 N–H and O–H groups in total. The highest BCUT2D eigenvalue weighted by Crippen LogP contribution is 2.29. The number of halogens is 1. The number of rotatable bonds is 5. The van der Waals surface area contributed by atoms with Gasteiger partial charge in [-0.05, 0) is 48.0 Å². The fraction of sp³-hybridized carbons (Fsp3) is 0.846. The van der Waals surface area contributed by atoms with Crippen molar-refractivity contribution in [2.45, 2.75) is 71.5 Å². The predicted molar refractivity (Wildman–Crippen MR) is 76.9 cm³/mol. The molecule has 114 valence electrons. The number of aliphatic carboxylic acids is 2. The van der Waals surface area contributed by atoms with Gasteiger partial charge >= 0.3 is 11.9 Å². The lowest BCUT2D eigenvalue weighted by Gasteiger charge is -2.48. The van der Waals surface area contributed by atoms with E-state index in [4.69, 9.17) is 5.11 Å². The molecule has 0 heterocycles. The summed E-state index contributed by atoms with van der Waals surface area (Å²) in [6.07, 6.45) is -0.0289. The molecule has 0 saturated heterocycles. The Bertz CT molecular complexity index is 304. The van der Waals surface area contributed by atoms with Crippen LogP contribution in [0.3, 0.4) is 0 Å². The second kappa shape index (κ2) is 7.10. The largest absolute Gasteiger partial charge is 0.481 e. The van der Waals surface area contributed by atoms with Gasteiger partial charge < -0.3 is 10.2 Å². The summed E-state index contributed by atoms with van der Waals surface area (Å²) >= 11 is 0. The summed E-state index contributed by atoms with van der Waals surface area (Å²) in [6, 6.07) is -0.791. The molecule has 0 aromatic carbocycles. The molecule has 0 unspecified atom stereocenters. The van der Waals surface area contributed by atoms with Crippen LogP contribution in [0.1, 0.15) is 54.4 Å². The lowest BCUT2D eigenvalue weighted by Crippen LogP contribution is -2.60. The summed E-state index contributed by atoms with van der Waals surface area (Å²) in [5.74, 6) is -1.94. The normalized spacial score (nSPS) is 13.8. The molecule has 0 radical (unpaired) electrons. The third-order valence-electron chi connectivity index (χ3n) is 2.67. The first kappa shape index (κ1) is 20.5. The summed E-state index contributed by atoms with van der Waals surface area (Å²) < 4.78 is 0. The Morgan fingerprint density at radius 3 is 1.58 bits per heavy atom. The van der Waals surface area contributed by atoms with Crippen LogP contribution in [-0.2, 0) is 9.59 Å². The van der Waals surface area contributed by atoms with Crippen molar-refractivity contribution in [2.75, 3.05) is 0 Å². The minimum Gasteiger partial charge on any atom is -0.481 e. The van der Waals surface area contributed by atoms with E-state index in [1.165, 1.54) is 0 Å². The van der Waals surface area contributed by atoms with Crippen molar-refractivity contribution in [3.05, 3.63) is 0 Å². The van der Waals surface area contributed by atoms with Gasteiger partial charge in [0.25, 0.3) is 0 Å². The molecule has 0 aromatic rings. The molecule has 5 nitrogen and oxygen atoms in total. The minimum absolute atomic E-state index is 0. The van der Waals surface area contributed by atoms with Crippen molar-refractivity contribution in [3.63, 3.8) is 0 Å². The van der Waals surface area contributed by atoms with Crippen LogP contribution >= 0.6 is 12.4 Å². The Balaban J connectivity index is 0. The SMILES string of the molecule is CC(C)(C)N([C@H](CCC(=O)O)C(=O)O)C(C)(C)C.Cl. The maximum absolute atomic E-state index is 11.4. The van der Waals surface area contributed by atoms with E-state index in [9.17, 15) is 14.7 Å². The summed E-state index contributed by atoms with van der Waals surface area (Å²) in [5.41, 5.74) is -0.695. The fourth-order valence-electron chi connectivity index (χ4n) is 2.56. The zero-order valence-corrected chi connectivity index (χ0v) is 13.4. The van der Waals surface area contributed by atoms with E-state index in [0.29, 0.717) is 0 Å². The molecule has 0 amide bonds. The van der Waals surface area contributed by atoms with E-state index in [1.54, 1.807) is 0 Å². The molecule has 0 bridgehead atoms. The molecule has 0 aliphatic rings. The van der Waals surface area contributed by atoms with Gasteiger partial charge in [0.05, 0.1) is 0 Å². The highest BCUT2D eigenvalue weighted by molar-refractivity contribution is 5.85. The molecule has 0 aromatic heterocycles. The topological polar surface area (TPSA) is 77.8 Å². The zero-order chi connectivity index (χ0) is 14.7. The maximum Gasteiger partial charge on any atom is 0.320 e. The average molecular weight is 296 g/mol. The van der Waals surface area contributed by atoms with Crippen molar-refractivity contribution in [1.82, 2.24) is 4.90 Å². The van der Waals surface area contributed by atoms with Gasteiger partial charge in [-0.15, -0.1) is 12.4 Å². The van der Waals surface area contributed by atoms with E-state index in [2.05, 4.69) is 0 Å². The van der Waals surface area contributed by atoms with Crippen LogP contribution < -0.4 is 0 Å². The zero-order valence-electron chi connectivity index (χ0n) is 12.6. The number of hydrogen-bond donors (Lipinski definition) is 2. The fourth-order valence-corrected chi connectivity index (χ4v) is 2.56. The summed E-state index contributed by atoms with van der Waals surface area (Å²) in [6.45, 7) is 11.6. The minimum atomic E-state index is -0.971.